The largest absolute Gasteiger partial charge is 0.472 e. The molecule has 110 heavy (non-hydrogen) atoms. The van der Waals surface area contributed by atoms with E-state index in [0.29, 0.717) is 32.1 Å². The Morgan fingerprint density at radius 3 is 0.764 bits per heavy atom. The summed E-state index contributed by atoms with van der Waals surface area (Å²) in [4.78, 5) is 73.3. The van der Waals surface area contributed by atoms with E-state index in [9.17, 15) is 43.2 Å². The maximum Gasteiger partial charge on any atom is 0.472 e. The van der Waals surface area contributed by atoms with Gasteiger partial charge in [0.2, 0.25) is 0 Å². The SMILES string of the molecule is CC/C=C\C/C=C\C/C=C\C/C=C\C/C=C\CCCC(=O)OCC(COP(=O)(O)OCC(O)COP(=O)(O)OCC(COC(=O)CCCCCCCC/C=C\C/C=C\C/C=C\CCCCC)OC(=O)CCCCCCCCC/C=C\C/C=C\C/C=C\CC)OC(=O)CCCCCCCCC/C=C\C/C=C\C/C=C\CC. The molecule has 5 atom stereocenters. The van der Waals surface area contributed by atoms with Gasteiger partial charge >= 0.3 is 39.5 Å². The summed E-state index contributed by atoms with van der Waals surface area (Å²) in [6, 6.07) is 0. The smallest absolute Gasteiger partial charge is 0.462 e. The molecule has 0 aromatic rings. The number of esters is 4. The molecule has 0 rings (SSSR count). The predicted molar refractivity (Wildman–Crippen MR) is 454 cm³/mol. The number of allylic oxidation sites excluding steroid dienone is 28. The fourth-order valence-electron chi connectivity index (χ4n) is 10.8. The van der Waals surface area contributed by atoms with E-state index in [1.165, 1.54) is 19.3 Å². The molecule has 626 valence electrons. The van der Waals surface area contributed by atoms with Crippen molar-refractivity contribution >= 4 is 39.5 Å². The van der Waals surface area contributed by atoms with Crippen LogP contribution >= 0.6 is 15.6 Å². The van der Waals surface area contributed by atoms with Crippen LogP contribution in [0.5, 0.6) is 0 Å². The van der Waals surface area contributed by atoms with E-state index < -0.39 is 97.5 Å². The van der Waals surface area contributed by atoms with Gasteiger partial charge in [0.1, 0.15) is 19.3 Å². The second-order valence-electron chi connectivity index (χ2n) is 27.6. The summed E-state index contributed by atoms with van der Waals surface area (Å²) in [6.07, 6.45) is 97.4. The Kier molecular flexibility index (Phi) is 77.3. The van der Waals surface area contributed by atoms with E-state index in [-0.39, 0.29) is 25.7 Å². The van der Waals surface area contributed by atoms with Crippen LogP contribution in [0.3, 0.4) is 0 Å². The molecule has 0 heterocycles. The van der Waals surface area contributed by atoms with Crippen molar-refractivity contribution < 1.29 is 80.2 Å². The summed E-state index contributed by atoms with van der Waals surface area (Å²) < 4.78 is 68.8. The Morgan fingerprint density at radius 2 is 0.482 bits per heavy atom. The Hall–Kier alpha value is -5.58. The van der Waals surface area contributed by atoms with E-state index in [2.05, 4.69) is 186 Å². The number of unbranched alkanes of at least 4 members (excludes halogenated alkanes) is 24. The number of phosphoric acid groups is 2. The van der Waals surface area contributed by atoms with Crippen LogP contribution in [0.1, 0.15) is 323 Å². The molecule has 0 aliphatic rings. The Labute approximate surface area is 667 Å². The van der Waals surface area contributed by atoms with Crippen molar-refractivity contribution in [3.05, 3.63) is 170 Å². The van der Waals surface area contributed by atoms with Gasteiger partial charge < -0.3 is 33.8 Å². The number of hydrogen-bond acceptors (Lipinski definition) is 15. The van der Waals surface area contributed by atoms with Gasteiger partial charge in [-0.2, -0.15) is 0 Å². The van der Waals surface area contributed by atoms with Crippen molar-refractivity contribution in [1.29, 1.82) is 0 Å². The second kappa shape index (κ2) is 81.4. The highest BCUT2D eigenvalue weighted by atomic mass is 31.2. The number of carbonyl (C=O) groups excluding carboxylic acids is 4. The normalized spacial score (nSPS) is 14.6. The monoisotopic (exact) mass is 1580 g/mol. The molecule has 17 nitrogen and oxygen atoms in total. The number of rotatable bonds is 78. The average molecular weight is 1580 g/mol. The van der Waals surface area contributed by atoms with Gasteiger partial charge in [-0.1, -0.05) is 301 Å². The van der Waals surface area contributed by atoms with Gasteiger partial charge in [-0.05, 0) is 167 Å². The number of hydrogen-bond donors (Lipinski definition) is 3. The van der Waals surface area contributed by atoms with E-state index >= 15 is 0 Å². The fourth-order valence-corrected chi connectivity index (χ4v) is 12.4. The summed E-state index contributed by atoms with van der Waals surface area (Å²) in [5.41, 5.74) is 0. The zero-order chi connectivity index (χ0) is 80.3. The van der Waals surface area contributed by atoms with Gasteiger partial charge in [0.25, 0.3) is 0 Å². The van der Waals surface area contributed by atoms with Crippen LogP contribution in [0.25, 0.3) is 0 Å². The van der Waals surface area contributed by atoms with Gasteiger partial charge in [-0.25, -0.2) is 9.13 Å². The molecule has 0 fully saturated rings. The topological polar surface area (TPSA) is 237 Å². The van der Waals surface area contributed by atoms with Crippen molar-refractivity contribution in [2.75, 3.05) is 39.6 Å². The number of ether oxygens (including phenoxy) is 4. The van der Waals surface area contributed by atoms with Crippen molar-refractivity contribution in [2.24, 2.45) is 0 Å². The summed E-state index contributed by atoms with van der Waals surface area (Å²) in [6.45, 7) is 4.43. The van der Waals surface area contributed by atoms with Crippen molar-refractivity contribution in [3.63, 3.8) is 0 Å². The zero-order valence-corrected chi connectivity index (χ0v) is 70.4. The van der Waals surface area contributed by atoms with Crippen LogP contribution in [0.15, 0.2) is 170 Å². The lowest BCUT2D eigenvalue weighted by Crippen LogP contribution is -2.30. The first kappa shape index (κ1) is 104. The Morgan fingerprint density at radius 1 is 0.264 bits per heavy atom. The highest BCUT2D eigenvalue weighted by molar-refractivity contribution is 7.47. The molecular weight excluding hydrogens is 1430 g/mol. The average Bonchev–Trinajstić information content (AvgIpc) is 0.904. The van der Waals surface area contributed by atoms with Crippen LogP contribution in [-0.2, 0) is 65.4 Å². The molecule has 0 radical (unpaired) electrons. The molecule has 5 unspecified atom stereocenters. The maximum absolute atomic E-state index is 13.1. The lowest BCUT2D eigenvalue weighted by molar-refractivity contribution is -0.161. The van der Waals surface area contributed by atoms with Gasteiger partial charge in [-0.3, -0.25) is 37.3 Å². The first-order valence-electron chi connectivity index (χ1n) is 42.4. The number of phosphoric ester groups is 2. The van der Waals surface area contributed by atoms with Gasteiger partial charge in [-0.15, -0.1) is 0 Å². The summed E-state index contributed by atoms with van der Waals surface area (Å²) in [5, 5.41) is 10.7. The molecule has 0 amide bonds. The molecule has 0 saturated carbocycles. The molecule has 0 bridgehead atoms. The minimum absolute atomic E-state index is 0.0656. The Balaban J connectivity index is 5.46. The molecule has 0 aliphatic heterocycles. The van der Waals surface area contributed by atoms with Gasteiger partial charge in [0.15, 0.2) is 12.2 Å². The van der Waals surface area contributed by atoms with Crippen LogP contribution in [-0.4, -0.2) is 96.7 Å². The molecular formula is C91H150O17P2. The predicted octanol–water partition coefficient (Wildman–Crippen LogP) is 25.3. The third kappa shape index (κ3) is 80.5. The molecule has 0 spiro atoms. The lowest BCUT2D eigenvalue weighted by Gasteiger charge is -2.21. The van der Waals surface area contributed by atoms with E-state index in [1.807, 2.05) is 12.2 Å². The Bertz CT molecular complexity index is 2750. The molecule has 0 aromatic heterocycles. The number of carbonyl (C=O) groups is 4. The van der Waals surface area contributed by atoms with Crippen LogP contribution < -0.4 is 0 Å². The third-order valence-electron chi connectivity index (χ3n) is 17.2. The maximum atomic E-state index is 13.1. The highest BCUT2D eigenvalue weighted by Crippen LogP contribution is 2.45. The molecule has 0 aromatic carbocycles. The van der Waals surface area contributed by atoms with Gasteiger partial charge in [0.05, 0.1) is 26.4 Å². The van der Waals surface area contributed by atoms with E-state index in [0.717, 1.165) is 218 Å². The minimum Gasteiger partial charge on any atom is -0.462 e. The quantitative estimate of drug-likeness (QED) is 0.0169. The third-order valence-corrected chi connectivity index (χ3v) is 19.1. The van der Waals surface area contributed by atoms with Crippen molar-refractivity contribution in [1.82, 2.24) is 0 Å². The van der Waals surface area contributed by atoms with Crippen molar-refractivity contribution in [3.8, 4) is 0 Å². The number of aliphatic hydroxyl groups is 1. The molecule has 19 heteroatoms. The van der Waals surface area contributed by atoms with Crippen molar-refractivity contribution in [2.45, 2.75) is 341 Å². The molecule has 0 saturated heterocycles. The van der Waals surface area contributed by atoms with E-state index in [1.54, 1.807) is 0 Å². The van der Waals surface area contributed by atoms with Crippen LogP contribution in [0, 0.1) is 0 Å². The van der Waals surface area contributed by atoms with Crippen LogP contribution in [0.2, 0.25) is 0 Å². The first-order chi connectivity index (χ1) is 53.7. The standard InChI is InChI=1S/C91H150O17P2/c1-5-9-13-17-21-25-29-33-37-41-42-46-48-52-56-60-64-68-72-76-89(94)102-82-87(108-91(96)78-74-70-66-62-58-54-50-45-40-36-32-28-24-20-16-12-8-4)84-106-110(99,100)104-80-85(92)79-103-109(97,98)105-83-86(107-90(95)77-73-69-65-61-57-53-49-44-39-35-31-27-23-19-15-11-7-3)81-101-88(93)75-71-67-63-59-55-51-47-43-38-34-30-26-22-18-14-10-6-2/h10-12,14-16,21-28,33-40,42,46-47,51,59,63,85-87,92H,5-9,13,17-20,29-32,41,43-45,48-50,52-58,60-62,64-84H2,1-4H3,(H,97,98)(H,99,100)/b14-10-,15-11-,16-12-,25-21-,26-22-,27-23-,28-24-,37-33-,38-34-,39-35-,40-36-,46-42-,51-47-,63-59-. The number of aliphatic hydroxyl groups excluding tert-OH is 1. The summed E-state index contributed by atoms with van der Waals surface area (Å²) >= 11 is 0. The highest BCUT2D eigenvalue weighted by Gasteiger charge is 2.30. The minimum atomic E-state index is -5.01. The lowest BCUT2D eigenvalue weighted by atomic mass is 10.1. The summed E-state index contributed by atoms with van der Waals surface area (Å²) in [5.74, 6) is -2.28. The zero-order valence-electron chi connectivity index (χ0n) is 68.6. The second-order valence-corrected chi connectivity index (χ2v) is 30.5. The van der Waals surface area contributed by atoms with Crippen LogP contribution in [0.4, 0.5) is 0 Å². The fraction of sp³-hybridized carbons (Fsp3) is 0.648. The van der Waals surface area contributed by atoms with Gasteiger partial charge in [0, 0.05) is 25.7 Å². The first-order valence-corrected chi connectivity index (χ1v) is 45.4. The molecule has 0 aliphatic carbocycles. The van der Waals surface area contributed by atoms with E-state index in [4.69, 9.17) is 37.0 Å². The molecule has 3 N–H and O–H groups in total. The summed E-state index contributed by atoms with van der Waals surface area (Å²) in [7, 11) is -10.0.